The zero-order valence-corrected chi connectivity index (χ0v) is 29.9. The van der Waals surface area contributed by atoms with Gasteiger partial charge in [0, 0.05) is 6.54 Å². The number of cyclic esters (lactones) is 1. The van der Waals surface area contributed by atoms with Gasteiger partial charge in [-0.3, -0.25) is 19.0 Å². The fourth-order valence-electron chi connectivity index (χ4n) is 6.18. The molecule has 1 aliphatic heterocycles. The lowest BCUT2D eigenvalue weighted by molar-refractivity contribution is -0.135. The quantitative estimate of drug-likeness (QED) is 0.117. The van der Waals surface area contributed by atoms with E-state index in [2.05, 4.69) is 25.2 Å². The zero-order chi connectivity index (χ0) is 35.8. The van der Waals surface area contributed by atoms with Crippen molar-refractivity contribution in [2.75, 3.05) is 11.9 Å². The number of ether oxygens (including phenoxy) is 2. The van der Waals surface area contributed by atoms with Gasteiger partial charge in [-0.15, -0.1) is 0 Å². The van der Waals surface area contributed by atoms with Crippen molar-refractivity contribution in [2.45, 2.75) is 97.8 Å². The van der Waals surface area contributed by atoms with Crippen molar-refractivity contribution < 1.29 is 23.9 Å². The standard InChI is InChI=1S/C39H45ClN4O6/c1-5-7-9-13-27-23-25(3)18-20-32(27)49-22-12-21-43-35(41-30-19-17-26(4)24-28(30)37(43)46)34(36(45)42-31-15-11-10-14-29(31)40)44-38(47)33(16-8-6-2)50-39(44)48/h10-11,14-15,17-20,23-24,33-34H,5-9,12-13,16,21-22H2,1-4H3,(H,42,45). The Morgan fingerprint density at radius 1 is 0.960 bits per heavy atom. The number of rotatable bonds is 16. The molecule has 2 atom stereocenters. The Morgan fingerprint density at radius 2 is 1.70 bits per heavy atom. The minimum atomic E-state index is -1.63. The number of imide groups is 1. The summed E-state index contributed by atoms with van der Waals surface area (Å²) in [6.07, 6.45) is 4.32. The molecular formula is C39H45ClN4O6. The number of carbonyl (C=O) groups excluding carboxylic acids is 3. The minimum Gasteiger partial charge on any atom is -0.493 e. The van der Waals surface area contributed by atoms with E-state index in [1.165, 1.54) is 4.57 Å². The number of fused-ring (bicyclic) bond motifs is 1. The fraction of sp³-hybridized carbons (Fsp3) is 0.410. The molecule has 264 valence electrons. The number of benzene rings is 3. The lowest BCUT2D eigenvalue weighted by Crippen LogP contribution is -2.45. The molecule has 0 saturated carbocycles. The van der Waals surface area contributed by atoms with Crippen molar-refractivity contribution in [3.63, 3.8) is 0 Å². The first kappa shape index (κ1) is 36.6. The normalized spacial score (nSPS) is 15.0. The molecule has 3 aromatic carbocycles. The first-order valence-electron chi connectivity index (χ1n) is 17.4. The van der Waals surface area contributed by atoms with E-state index >= 15 is 0 Å². The second kappa shape index (κ2) is 16.8. The van der Waals surface area contributed by atoms with Gasteiger partial charge in [0.1, 0.15) is 11.6 Å². The molecule has 11 heteroatoms. The highest BCUT2D eigenvalue weighted by Gasteiger charge is 2.49. The Morgan fingerprint density at radius 3 is 2.46 bits per heavy atom. The summed E-state index contributed by atoms with van der Waals surface area (Å²) in [5.74, 6) is -0.690. The maximum Gasteiger partial charge on any atom is 0.418 e. The summed E-state index contributed by atoms with van der Waals surface area (Å²) in [5, 5.41) is 3.37. The van der Waals surface area contributed by atoms with E-state index in [1.54, 1.807) is 36.4 Å². The van der Waals surface area contributed by atoms with Crippen molar-refractivity contribution in [2.24, 2.45) is 0 Å². The lowest BCUT2D eigenvalue weighted by Gasteiger charge is -2.26. The number of amides is 3. The number of aromatic nitrogens is 2. The minimum absolute atomic E-state index is 0.0621. The summed E-state index contributed by atoms with van der Waals surface area (Å²) in [6.45, 7) is 8.45. The Kier molecular flexibility index (Phi) is 12.3. The Bertz CT molecular complexity index is 1920. The number of para-hydroxylation sites is 1. The summed E-state index contributed by atoms with van der Waals surface area (Å²) < 4.78 is 13.1. The Balaban J connectivity index is 1.53. The molecule has 4 aromatic rings. The number of nitrogens with zero attached hydrogens (tertiary/aromatic N) is 3. The topological polar surface area (TPSA) is 120 Å². The van der Waals surface area contributed by atoms with Crippen LogP contribution in [0.1, 0.15) is 87.3 Å². The van der Waals surface area contributed by atoms with Crippen LogP contribution in [-0.2, 0) is 27.3 Å². The summed E-state index contributed by atoms with van der Waals surface area (Å²) in [7, 11) is 0. The maximum atomic E-state index is 14.3. The number of nitrogens with one attached hydrogen (secondary N) is 1. The highest BCUT2D eigenvalue weighted by atomic mass is 35.5. The number of hydrogen-bond acceptors (Lipinski definition) is 7. The number of carbonyl (C=O) groups is 3. The van der Waals surface area contributed by atoms with Crippen molar-refractivity contribution in [3.8, 4) is 5.75 Å². The van der Waals surface area contributed by atoms with Crippen LogP contribution in [0.15, 0.2) is 65.5 Å². The molecule has 1 fully saturated rings. The molecular weight excluding hydrogens is 656 g/mol. The van der Waals surface area contributed by atoms with Crippen LogP contribution in [0, 0.1) is 13.8 Å². The third kappa shape index (κ3) is 8.35. The van der Waals surface area contributed by atoms with Crippen molar-refractivity contribution in [1.82, 2.24) is 14.5 Å². The number of aryl methyl sites for hydroxylation is 3. The largest absolute Gasteiger partial charge is 0.493 e. The number of unbranched alkanes of at least 4 members (excludes halogenated alkanes) is 3. The van der Waals surface area contributed by atoms with Crippen molar-refractivity contribution >= 4 is 46.1 Å². The van der Waals surface area contributed by atoms with E-state index < -0.39 is 35.6 Å². The highest BCUT2D eigenvalue weighted by Crippen LogP contribution is 2.32. The van der Waals surface area contributed by atoms with E-state index in [9.17, 15) is 19.2 Å². The fourth-order valence-corrected chi connectivity index (χ4v) is 6.37. The lowest BCUT2D eigenvalue weighted by atomic mass is 10.0. The first-order valence-corrected chi connectivity index (χ1v) is 17.8. The molecule has 2 heterocycles. The van der Waals surface area contributed by atoms with Crippen LogP contribution >= 0.6 is 11.6 Å². The molecule has 50 heavy (non-hydrogen) atoms. The third-order valence-electron chi connectivity index (χ3n) is 8.84. The van der Waals surface area contributed by atoms with Crippen LogP contribution in [0.25, 0.3) is 10.9 Å². The van der Waals surface area contributed by atoms with Gasteiger partial charge >= 0.3 is 6.09 Å². The molecule has 1 N–H and O–H groups in total. The predicted octanol–water partition coefficient (Wildman–Crippen LogP) is 8.09. The molecule has 0 bridgehead atoms. The predicted molar refractivity (Wildman–Crippen MR) is 195 cm³/mol. The smallest absolute Gasteiger partial charge is 0.418 e. The molecule has 1 saturated heterocycles. The summed E-state index contributed by atoms with van der Waals surface area (Å²) in [4.78, 5) is 61.3. The van der Waals surface area contributed by atoms with Crippen LogP contribution in [0.3, 0.4) is 0 Å². The zero-order valence-electron chi connectivity index (χ0n) is 29.2. The van der Waals surface area contributed by atoms with Crippen LogP contribution in [0.4, 0.5) is 10.5 Å². The number of hydrogen-bond donors (Lipinski definition) is 1. The van der Waals surface area contributed by atoms with Gasteiger partial charge in [-0.25, -0.2) is 14.7 Å². The second-order valence-corrected chi connectivity index (χ2v) is 13.2. The molecule has 2 unspecified atom stereocenters. The Labute approximate surface area is 297 Å². The van der Waals surface area contributed by atoms with E-state index in [4.69, 9.17) is 26.1 Å². The average molecular weight is 701 g/mol. The van der Waals surface area contributed by atoms with E-state index in [1.807, 2.05) is 32.0 Å². The number of anilines is 1. The van der Waals surface area contributed by atoms with Crippen LogP contribution < -0.4 is 15.6 Å². The SMILES string of the molecule is CCCCCc1cc(C)ccc1OCCCn1c(C(C(=O)Nc2ccccc2Cl)N2C(=O)OC(CCCC)C2=O)nc2ccc(C)cc2c1=O. The van der Waals surface area contributed by atoms with Gasteiger partial charge in [0.2, 0.25) is 0 Å². The monoisotopic (exact) mass is 700 g/mol. The van der Waals surface area contributed by atoms with Gasteiger partial charge in [-0.2, -0.15) is 0 Å². The van der Waals surface area contributed by atoms with E-state index in [0.29, 0.717) is 30.2 Å². The third-order valence-corrected chi connectivity index (χ3v) is 9.17. The van der Waals surface area contributed by atoms with Gasteiger partial charge in [0.25, 0.3) is 17.4 Å². The van der Waals surface area contributed by atoms with Gasteiger partial charge < -0.3 is 14.8 Å². The van der Waals surface area contributed by atoms with Gasteiger partial charge in [0.05, 0.1) is 28.2 Å². The first-order chi connectivity index (χ1) is 24.1. The summed E-state index contributed by atoms with van der Waals surface area (Å²) in [6, 6.07) is 16.4. The van der Waals surface area contributed by atoms with Crippen LogP contribution in [0.5, 0.6) is 5.75 Å². The van der Waals surface area contributed by atoms with E-state index in [0.717, 1.165) is 59.4 Å². The van der Waals surface area contributed by atoms with Gasteiger partial charge in [-0.05, 0) is 81.8 Å². The molecule has 5 rings (SSSR count). The Hall–Kier alpha value is -4.70. The molecule has 1 aliphatic rings. The number of halogens is 1. The summed E-state index contributed by atoms with van der Waals surface area (Å²) in [5.41, 5.74) is 3.36. The highest BCUT2D eigenvalue weighted by molar-refractivity contribution is 6.33. The van der Waals surface area contributed by atoms with Crippen molar-refractivity contribution in [1.29, 1.82) is 0 Å². The van der Waals surface area contributed by atoms with Gasteiger partial charge in [0.15, 0.2) is 12.1 Å². The van der Waals surface area contributed by atoms with Crippen molar-refractivity contribution in [3.05, 3.63) is 98.6 Å². The van der Waals surface area contributed by atoms with Crippen LogP contribution in [-0.4, -0.2) is 45.1 Å². The average Bonchev–Trinajstić information content (AvgIpc) is 3.37. The van der Waals surface area contributed by atoms with Crippen LogP contribution in [0.2, 0.25) is 5.02 Å². The summed E-state index contributed by atoms with van der Waals surface area (Å²) >= 11 is 6.38. The molecule has 0 spiro atoms. The maximum absolute atomic E-state index is 14.3. The molecule has 10 nitrogen and oxygen atoms in total. The molecule has 0 radical (unpaired) electrons. The molecule has 1 aromatic heterocycles. The van der Waals surface area contributed by atoms with E-state index in [-0.39, 0.29) is 29.7 Å². The van der Waals surface area contributed by atoms with Gasteiger partial charge in [-0.1, -0.05) is 86.2 Å². The second-order valence-electron chi connectivity index (χ2n) is 12.8. The molecule has 0 aliphatic carbocycles. The molecule has 3 amide bonds.